The van der Waals surface area contributed by atoms with E-state index in [1.165, 1.54) is 0 Å². The zero-order chi connectivity index (χ0) is 15.4. The third kappa shape index (κ3) is 3.82. The predicted octanol–water partition coefficient (Wildman–Crippen LogP) is 2.86. The van der Waals surface area contributed by atoms with Gasteiger partial charge in [0, 0.05) is 22.3 Å². The highest BCUT2D eigenvalue weighted by molar-refractivity contribution is 9.10. The van der Waals surface area contributed by atoms with E-state index in [1.807, 2.05) is 0 Å². The molecule has 0 aromatic heterocycles. The molecule has 21 heavy (non-hydrogen) atoms. The van der Waals surface area contributed by atoms with Crippen LogP contribution in [0, 0.1) is 0 Å². The lowest BCUT2D eigenvalue weighted by molar-refractivity contribution is 0.0696. The van der Waals surface area contributed by atoms with Gasteiger partial charge in [-0.1, -0.05) is 22.0 Å². The van der Waals surface area contributed by atoms with E-state index in [1.54, 1.807) is 42.5 Å². The quantitative estimate of drug-likeness (QED) is 0.774. The van der Waals surface area contributed by atoms with Crippen LogP contribution < -0.4 is 11.1 Å². The maximum atomic E-state index is 11.0. The smallest absolute Gasteiger partial charge is 0.335 e. The first kappa shape index (κ1) is 15.1. The second-order valence-electron chi connectivity index (χ2n) is 4.41. The number of nitrogens with one attached hydrogen (secondary N) is 1. The summed E-state index contributed by atoms with van der Waals surface area (Å²) in [6.07, 6.45) is 0. The summed E-state index contributed by atoms with van der Waals surface area (Å²) in [5, 5.41) is 12.1. The Morgan fingerprint density at radius 1 is 1.10 bits per heavy atom. The summed E-state index contributed by atoms with van der Waals surface area (Å²) in [7, 11) is 0. The number of benzene rings is 2. The van der Waals surface area contributed by atoms with Gasteiger partial charge in [0.25, 0.3) is 0 Å². The molecule has 0 atom stereocenters. The molecule has 2 aromatic rings. The van der Waals surface area contributed by atoms with Crippen LogP contribution in [0.4, 0.5) is 5.69 Å². The number of aromatic carboxylic acids is 1. The van der Waals surface area contributed by atoms with Crippen molar-refractivity contribution in [2.45, 2.75) is 6.54 Å². The number of carboxylic acids is 1. The minimum absolute atomic E-state index is 0.233. The van der Waals surface area contributed by atoms with Crippen LogP contribution in [0.3, 0.4) is 0 Å². The summed E-state index contributed by atoms with van der Waals surface area (Å²) in [6.45, 7) is 0.524. The van der Waals surface area contributed by atoms with E-state index in [0.29, 0.717) is 12.1 Å². The fourth-order valence-corrected chi connectivity index (χ4v) is 2.29. The molecule has 0 fully saturated rings. The Bertz CT molecular complexity index is 684. The normalized spacial score (nSPS) is 10.1. The van der Waals surface area contributed by atoms with E-state index in [-0.39, 0.29) is 5.56 Å². The maximum absolute atomic E-state index is 11.0. The molecule has 0 aliphatic carbocycles. The molecule has 0 aliphatic rings. The van der Waals surface area contributed by atoms with Gasteiger partial charge in [0.15, 0.2) is 0 Å². The number of hydrogen-bond acceptors (Lipinski definition) is 3. The topological polar surface area (TPSA) is 92.4 Å². The SMILES string of the molecule is NC(=O)c1ccc(NCc2ccc(C(=O)O)cc2Br)cc1. The second-order valence-corrected chi connectivity index (χ2v) is 5.26. The highest BCUT2D eigenvalue weighted by Crippen LogP contribution is 2.20. The number of rotatable bonds is 5. The molecule has 0 spiro atoms. The Morgan fingerprint density at radius 2 is 1.71 bits per heavy atom. The van der Waals surface area contributed by atoms with Crippen LogP contribution in [0.25, 0.3) is 0 Å². The van der Waals surface area contributed by atoms with Gasteiger partial charge in [-0.25, -0.2) is 4.79 Å². The third-order valence-corrected chi connectivity index (χ3v) is 3.69. The molecule has 6 heteroatoms. The molecule has 4 N–H and O–H groups in total. The molecule has 0 bridgehead atoms. The average molecular weight is 349 g/mol. The monoisotopic (exact) mass is 348 g/mol. The van der Waals surface area contributed by atoms with Crippen LogP contribution in [0.1, 0.15) is 26.3 Å². The Morgan fingerprint density at radius 3 is 2.24 bits per heavy atom. The highest BCUT2D eigenvalue weighted by Gasteiger charge is 2.07. The van der Waals surface area contributed by atoms with Crippen LogP contribution in [-0.2, 0) is 6.54 Å². The van der Waals surface area contributed by atoms with Crippen molar-refractivity contribution >= 4 is 33.5 Å². The number of amides is 1. The van der Waals surface area contributed by atoms with Gasteiger partial charge in [-0.2, -0.15) is 0 Å². The standard InChI is InChI=1S/C15H13BrN2O3/c16-13-7-10(15(20)21)1-2-11(13)8-18-12-5-3-9(4-6-12)14(17)19/h1-7,18H,8H2,(H2,17,19)(H,20,21). The first-order valence-electron chi connectivity index (χ1n) is 6.13. The van der Waals surface area contributed by atoms with Gasteiger partial charge in [-0.15, -0.1) is 0 Å². The molecule has 0 saturated carbocycles. The number of carboxylic acid groups (broad SMARTS) is 1. The molecular weight excluding hydrogens is 336 g/mol. The molecule has 2 rings (SSSR count). The van der Waals surface area contributed by atoms with E-state index in [4.69, 9.17) is 10.8 Å². The van der Waals surface area contributed by atoms with Crippen molar-refractivity contribution in [3.05, 3.63) is 63.6 Å². The van der Waals surface area contributed by atoms with Gasteiger partial charge >= 0.3 is 5.97 Å². The zero-order valence-electron chi connectivity index (χ0n) is 11.0. The van der Waals surface area contributed by atoms with Gasteiger partial charge in [-0.3, -0.25) is 4.79 Å². The predicted molar refractivity (Wildman–Crippen MR) is 83.4 cm³/mol. The van der Waals surface area contributed by atoms with Gasteiger partial charge in [-0.05, 0) is 42.0 Å². The largest absolute Gasteiger partial charge is 0.478 e. The molecule has 0 aliphatic heterocycles. The molecule has 5 nitrogen and oxygen atoms in total. The van der Waals surface area contributed by atoms with Gasteiger partial charge in [0.1, 0.15) is 0 Å². The zero-order valence-corrected chi connectivity index (χ0v) is 12.6. The van der Waals surface area contributed by atoms with E-state index in [2.05, 4.69) is 21.2 Å². The minimum atomic E-state index is -0.961. The van der Waals surface area contributed by atoms with E-state index in [9.17, 15) is 9.59 Å². The van der Waals surface area contributed by atoms with Crippen molar-refractivity contribution in [1.82, 2.24) is 0 Å². The molecule has 2 aromatic carbocycles. The lowest BCUT2D eigenvalue weighted by atomic mass is 10.1. The van der Waals surface area contributed by atoms with Gasteiger partial charge < -0.3 is 16.2 Å². The third-order valence-electron chi connectivity index (χ3n) is 2.95. The summed E-state index contributed by atoms with van der Waals surface area (Å²) in [4.78, 5) is 21.8. The molecule has 108 valence electrons. The molecule has 0 unspecified atom stereocenters. The number of hydrogen-bond donors (Lipinski definition) is 3. The van der Waals surface area contributed by atoms with Gasteiger partial charge in [0.2, 0.25) is 5.91 Å². The number of carbonyl (C=O) groups is 2. The summed E-state index contributed by atoms with van der Waals surface area (Å²) < 4.78 is 0.726. The fraction of sp³-hybridized carbons (Fsp3) is 0.0667. The van der Waals surface area contributed by atoms with E-state index < -0.39 is 11.9 Å². The lowest BCUT2D eigenvalue weighted by Gasteiger charge is -2.09. The highest BCUT2D eigenvalue weighted by atomic mass is 79.9. The summed E-state index contributed by atoms with van der Waals surface area (Å²) in [6, 6.07) is 11.7. The first-order valence-corrected chi connectivity index (χ1v) is 6.92. The minimum Gasteiger partial charge on any atom is -0.478 e. The summed E-state index contributed by atoms with van der Waals surface area (Å²) >= 11 is 3.36. The fourth-order valence-electron chi connectivity index (χ4n) is 1.77. The van der Waals surface area contributed by atoms with Crippen molar-refractivity contribution < 1.29 is 14.7 Å². The summed E-state index contributed by atoms with van der Waals surface area (Å²) in [5.74, 6) is -1.43. The van der Waals surface area contributed by atoms with Crippen molar-refractivity contribution in [2.75, 3.05) is 5.32 Å². The summed E-state index contributed by atoms with van der Waals surface area (Å²) in [5.41, 5.74) is 7.63. The van der Waals surface area contributed by atoms with E-state index >= 15 is 0 Å². The van der Waals surface area contributed by atoms with Crippen LogP contribution >= 0.6 is 15.9 Å². The lowest BCUT2D eigenvalue weighted by Crippen LogP contribution is -2.10. The second kappa shape index (κ2) is 6.41. The first-order chi connectivity index (χ1) is 9.97. The Hall–Kier alpha value is -2.34. The van der Waals surface area contributed by atoms with Crippen molar-refractivity contribution in [2.24, 2.45) is 5.73 Å². The maximum Gasteiger partial charge on any atom is 0.335 e. The Balaban J connectivity index is 2.06. The van der Waals surface area contributed by atoms with E-state index in [0.717, 1.165) is 15.7 Å². The molecule has 0 heterocycles. The number of nitrogens with two attached hydrogens (primary N) is 1. The van der Waals surface area contributed by atoms with Crippen LogP contribution in [0.15, 0.2) is 46.9 Å². The van der Waals surface area contributed by atoms with Gasteiger partial charge in [0.05, 0.1) is 5.56 Å². The average Bonchev–Trinajstić information content (AvgIpc) is 2.46. The van der Waals surface area contributed by atoms with Crippen LogP contribution in [-0.4, -0.2) is 17.0 Å². The molecule has 0 saturated heterocycles. The molecular formula is C15H13BrN2O3. The van der Waals surface area contributed by atoms with Crippen molar-refractivity contribution in [3.63, 3.8) is 0 Å². The number of anilines is 1. The number of primary amides is 1. The van der Waals surface area contributed by atoms with Crippen LogP contribution in [0.2, 0.25) is 0 Å². The number of carbonyl (C=O) groups excluding carboxylic acids is 1. The van der Waals surface area contributed by atoms with Crippen molar-refractivity contribution in [3.8, 4) is 0 Å². The Labute approximate surface area is 129 Å². The molecule has 1 amide bonds. The van der Waals surface area contributed by atoms with Crippen molar-refractivity contribution in [1.29, 1.82) is 0 Å². The van der Waals surface area contributed by atoms with Crippen LogP contribution in [0.5, 0.6) is 0 Å². The number of halogens is 1. The molecule has 0 radical (unpaired) electrons. The Kier molecular flexibility index (Phi) is 4.59.